The summed E-state index contributed by atoms with van der Waals surface area (Å²) in [5.74, 6) is -0.983. The first-order valence-corrected chi connectivity index (χ1v) is 7.59. The smallest absolute Gasteiger partial charge is 0.154 e. The van der Waals surface area contributed by atoms with Gasteiger partial charge in [0.2, 0.25) is 0 Å². The molecule has 18 heavy (non-hydrogen) atoms. The van der Waals surface area contributed by atoms with Crippen LogP contribution < -0.4 is 0 Å². The molecule has 1 aromatic carbocycles. The molecular formula is C13H16FNO2S. The van der Waals surface area contributed by atoms with E-state index in [-0.39, 0.29) is 28.6 Å². The summed E-state index contributed by atoms with van der Waals surface area (Å²) in [6, 6.07) is 5.94. The van der Waals surface area contributed by atoms with Crippen LogP contribution in [0, 0.1) is 23.1 Å². The first kappa shape index (κ1) is 14.7. The summed E-state index contributed by atoms with van der Waals surface area (Å²) in [6.45, 7) is 3.76. The average Bonchev–Trinajstić information content (AvgIpc) is 2.31. The van der Waals surface area contributed by atoms with Crippen LogP contribution in [0.25, 0.3) is 0 Å². The third-order valence-corrected chi connectivity index (χ3v) is 4.64. The van der Waals surface area contributed by atoms with E-state index in [1.807, 2.05) is 13.8 Å². The van der Waals surface area contributed by atoms with Gasteiger partial charge in [-0.2, -0.15) is 5.26 Å². The Hall–Kier alpha value is -1.41. The van der Waals surface area contributed by atoms with Gasteiger partial charge < -0.3 is 0 Å². The fourth-order valence-electron chi connectivity index (χ4n) is 1.62. The predicted molar refractivity (Wildman–Crippen MR) is 68.1 cm³/mol. The minimum absolute atomic E-state index is 0.0414. The molecule has 1 aromatic rings. The molecule has 0 amide bonds. The zero-order valence-electron chi connectivity index (χ0n) is 10.5. The maximum absolute atomic E-state index is 13.7. The third-order valence-electron chi connectivity index (χ3n) is 2.81. The molecule has 98 valence electrons. The zero-order valence-corrected chi connectivity index (χ0v) is 11.3. The number of nitrogens with zero attached hydrogens (tertiary/aromatic N) is 1. The van der Waals surface area contributed by atoms with E-state index in [9.17, 15) is 12.8 Å². The molecule has 0 aliphatic heterocycles. The lowest BCUT2D eigenvalue weighted by molar-refractivity contribution is 0.559. The molecule has 0 N–H and O–H groups in total. The van der Waals surface area contributed by atoms with Crippen LogP contribution in [-0.2, 0) is 15.6 Å². The van der Waals surface area contributed by atoms with E-state index < -0.39 is 15.7 Å². The van der Waals surface area contributed by atoms with E-state index in [2.05, 4.69) is 0 Å². The Morgan fingerprint density at radius 1 is 1.44 bits per heavy atom. The van der Waals surface area contributed by atoms with E-state index >= 15 is 0 Å². The highest BCUT2D eigenvalue weighted by molar-refractivity contribution is 7.90. The summed E-state index contributed by atoms with van der Waals surface area (Å²) >= 11 is 0. The summed E-state index contributed by atoms with van der Waals surface area (Å²) in [6.07, 6.45) is 0.764. The molecular weight excluding hydrogens is 253 g/mol. The average molecular weight is 269 g/mol. The van der Waals surface area contributed by atoms with E-state index in [1.54, 1.807) is 6.07 Å². The fourth-order valence-corrected chi connectivity index (χ4v) is 3.54. The van der Waals surface area contributed by atoms with Gasteiger partial charge in [-0.1, -0.05) is 32.4 Å². The van der Waals surface area contributed by atoms with E-state index in [0.717, 1.165) is 6.42 Å². The van der Waals surface area contributed by atoms with Crippen LogP contribution in [0.2, 0.25) is 0 Å². The van der Waals surface area contributed by atoms with Gasteiger partial charge in [0, 0.05) is 5.56 Å². The summed E-state index contributed by atoms with van der Waals surface area (Å²) in [5, 5.41) is 8.69. The van der Waals surface area contributed by atoms with Crippen molar-refractivity contribution in [2.75, 3.05) is 5.75 Å². The first-order valence-electron chi connectivity index (χ1n) is 5.77. The summed E-state index contributed by atoms with van der Waals surface area (Å²) in [7, 11) is -3.34. The van der Waals surface area contributed by atoms with E-state index in [1.165, 1.54) is 18.2 Å². The van der Waals surface area contributed by atoms with Crippen molar-refractivity contribution in [1.29, 1.82) is 5.26 Å². The monoisotopic (exact) mass is 269 g/mol. The van der Waals surface area contributed by atoms with Crippen LogP contribution in [0.15, 0.2) is 18.2 Å². The number of hydrogen-bond donors (Lipinski definition) is 0. The molecule has 0 aromatic heterocycles. The lowest BCUT2D eigenvalue weighted by Gasteiger charge is -2.10. The minimum Gasteiger partial charge on any atom is -0.228 e. The van der Waals surface area contributed by atoms with E-state index in [0.29, 0.717) is 0 Å². The quantitative estimate of drug-likeness (QED) is 0.825. The topological polar surface area (TPSA) is 57.9 Å². The highest BCUT2D eigenvalue weighted by Crippen LogP contribution is 2.17. The van der Waals surface area contributed by atoms with E-state index in [4.69, 9.17) is 5.26 Å². The highest BCUT2D eigenvalue weighted by atomic mass is 32.2. The molecule has 1 atom stereocenters. The van der Waals surface area contributed by atoms with Gasteiger partial charge in [0.25, 0.3) is 0 Å². The van der Waals surface area contributed by atoms with Crippen LogP contribution >= 0.6 is 0 Å². The van der Waals surface area contributed by atoms with Gasteiger partial charge in [-0.25, -0.2) is 12.8 Å². The van der Waals surface area contributed by atoms with Crippen LogP contribution in [0.4, 0.5) is 4.39 Å². The molecule has 0 saturated carbocycles. The number of hydrogen-bond acceptors (Lipinski definition) is 3. The molecule has 0 bridgehead atoms. The third kappa shape index (κ3) is 3.81. The number of benzene rings is 1. The fraction of sp³-hybridized carbons (Fsp3) is 0.462. The summed E-state index contributed by atoms with van der Waals surface area (Å²) in [4.78, 5) is 0. The molecule has 0 aliphatic rings. The molecule has 5 heteroatoms. The Kier molecular flexibility index (Phi) is 4.85. The number of rotatable bonds is 5. The van der Waals surface area contributed by atoms with Crippen molar-refractivity contribution in [3.05, 3.63) is 35.1 Å². The lowest BCUT2D eigenvalue weighted by Crippen LogP contribution is -2.16. The Morgan fingerprint density at radius 3 is 2.67 bits per heavy atom. The number of halogens is 1. The Labute approximate surface area is 107 Å². The molecule has 0 heterocycles. The largest absolute Gasteiger partial charge is 0.228 e. The molecule has 0 aliphatic carbocycles. The first-order chi connectivity index (χ1) is 8.39. The normalized spacial score (nSPS) is 13.0. The number of sulfone groups is 1. The molecule has 0 spiro atoms. The summed E-state index contributed by atoms with van der Waals surface area (Å²) < 4.78 is 37.5. The molecule has 0 fully saturated rings. The van der Waals surface area contributed by atoms with Gasteiger partial charge in [0.1, 0.15) is 11.9 Å². The molecule has 0 radical (unpaired) electrons. The van der Waals surface area contributed by atoms with Crippen molar-refractivity contribution in [1.82, 2.24) is 0 Å². The maximum Gasteiger partial charge on any atom is 0.154 e. The summed E-state index contributed by atoms with van der Waals surface area (Å²) in [5.41, 5.74) is -0.0522. The van der Waals surface area contributed by atoms with Crippen molar-refractivity contribution in [3.8, 4) is 6.07 Å². The SMILES string of the molecule is CCC(C)CS(=O)(=O)Cc1cccc(C#N)c1F. The van der Waals surface area contributed by atoms with Gasteiger partial charge in [-0.3, -0.25) is 0 Å². The van der Waals surface area contributed by atoms with Crippen LogP contribution in [0.3, 0.4) is 0 Å². The Bertz CT molecular complexity index is 561. The van der Waals surface area contributed by atoms with Gasteiger partial charge in [0.15, 0.2) is 9.84 Å². The molecule has 1 rings (SSSR count). The van der Waals surface area contributed by atoms with Crippen molar-refractivity contribution >= 4 is 9.84 Å². The van der Waals surface area contributed by atoms with Crippen LogP contribution in [-0.4, -0.2) is 14.2 Å². The molecule has 1 unspecified atom stereocenters. The molecule has 0 saturated heterocycles. The standard InChI is InChI=1S/C13H16FNO2S/c1-3-10(2)8-18(16,17)9-12-6-4-5-11(7-15)13(12)14/h4-6,10H,3,8-9H2,1-2H3. The van der Waals surface area contributed by atoms with Crippen molar-refractivity contribution in [3.63, 3.8) is 0 Å². The van der Waals surface area contributed by atoms with Crippen LogP contribution in [0.1, 0.15) is 31.4 Å². The predicted octanol–water partition coefficient (Wildman–Crippen LogP) is 2.66. The Balaban J connectivity index is 2.95. The second kappa shape index (κ2) is 5.96. The van der Waals surface area contributed by atoms with Crippen molar-refractivity contribution in [2.24, 2.45) is 5.92 Å². The second-order valence-electron chi connectivity index (χ2n) is 4.46. The van der Waals surface area contributed by atoms with Crippen molar-refractivity contribution in [2.45, 2.75) is 26.0 Å². The molecule has 3 nitrogen and oxygen atoms in total. The maximum atomic E-state index is 13.7. The van der Waals surface area contributed by atoms with Gasteiger partial charge in [-0.05, 0) is 12.0 Å². The minimum atomic E-state index is -3.34. The Morgan fingerprint density at radius 2 is 2.11 bits per heavy atom. The van der Waals surface area contributed by atoms with Gasteiger partial charge in [-0.15, -0.1) is 0 Å². The van der Waals surface area contributed by atoms with Gasteiger partial charge >= 0.3 is 0 Å². The highest BCUT2D eigenvalue weighted by Gasteiger charge is 2.18. The lowest BCUT2D eigenvalue weighted by atomic mass is 10.1. The second-order valence-corrected chi connectivity index (χ2v) is 6.57. The number of nitriles is 1. The van der Waals surface area contributed by atoms with Crippen LogP contribution in [0.5, 0.6) is 0 Å². The van der Waals surface area contributed by atoms with Crippen molar-refractivity contribution < 1.29 is 12.8 Å². The zero-order chi connectivity index (χ0) is 13.8. The van der Waals surface area contributed by atoms with Gasteiger partial charge in [0.05, 0.1) is 17.1 Å².